The molecule has 0 aliphatic heterocycles. The molecule has 0 saturated carbocycles. The highest BCUT2D eigenvalue weighted by Crippen LogP contribution is 2.30. The molecule has 0 spiro atoms. The topological polar surface area (TPSA) is 45.9 Å². The van der Waals surface area contributed by atoms with E-state index in [0.29, 0.717) is 6.20 Å². The van der Waals surface area contributed by atoms with E-state index in [1.807, 2.05) is 0 Å². The molecule has 0 bridgehead atoms. The molecule has 0 atom stereocenters. The van der Waals surface area contributed by atoms with Crippen LogP contribution in [0.5, 0.6) is 5.75 Å². The molecule has 6 heteroatoms. The van der Waals surface area contributed by atoms with Crippen molar-refractivity contribution in [2.75, 3.05) is 7.11 Å². The van der Waals surface area contributed by atoms with Gasteiger partial charge in [0.1, 0.15) is 17.3 Å². The second-order valence-corrected chi connectivity index (χ2v) is 2.31. The Morgan fingerprint density at radius 1 is 1.57 bits per heavy atom. The van der Waals surface area contributed by atoms with Crippen molar-refractivity contribution >= 4 is 0 Å². The summed E-state index contributed by atoms with van der Waals surface area (Å²) in [5.74, 6) is -1.49. The predicted molar refractivity (Wildman–Crippen MR) is 40.4 cm³/mol. The van der Waals surface area contributed by atoms with Gasteiger partial charge in [0.15, 0.2) is 11.6 Å². The first-order valence-corrected chi connectivity index (χ1v) is 3.52. The zero-order valence-corrected chi connectivity index (χ0v) is 7.09. The largest absolute Gasteiger partial charge is 0.493 e. The second-order valence-electron chi connectivity index (χ2n) is 2.31. The van der Waals surface area contributed by atoms with Gasteiger partial charge in [0.25, 0.3) is 6.43 Å². The number of ether oxygens (including phenoxy) is 1. The van der Waals surface area contributed by atoms with Gasteiger partial charge in [-0.15, -0.1) is 0 Å². The Hall–Kier alpha value is -1.77. The Kier molecular flexibility index (Phi) is 2.92. The number of nitrogens with zero attached hydrogens (tertiary/aromatic N) is 2. The Balaban J connectivity index is 3.42. The Morgan fingerprint density at radius 3 is 2.64 bits per heavy atom. The van der Waals surface area contributed by atoms with E-state index in [2.05, 4.69) is 9.72 Å². The van der Waals surface area contributed by atoms with Crippen LogP contribution in [-0.2, 0) is 0 Å². The molecule has 1 heterocycles. The first kappa shape index (κ1) is 10.3. The molecule has 1 aromatic heterocycles. The summed E-state index contributed by atoms with van der Waals surface area (Å²) in [6.07, 6.45) is -2.33. The number of alkyl halides is 2. The summed E-state index contributed by atoms with van der Waals surface area (Å²) in [5, 5.41) is 8.49. The molecule has 0 fully saturated rings. The van der Waals surface area contributed by atoms with Crippen molar-refractivity contribution in [3.05, 3.63) is 23.3 Å². The molecule has 3 nitrogen and oxygen atoms in total. The van der Waals surface area contributed by atoms with Gasteiger partial charge in [-0.05, 0) is 0 Å². The number of rotatable bonds is 2. The third-order valence-electron chi connectivity index (χ3n) is 1.54. The van der Waals surface area contributed by atoms with Crippen molar-refractivity contribution in [3.8, 4) is 11.8 Å². The van der Waals surface area contributed by atoms with Gasteiger partial charge in [0, 0.05) is 0 Å². The summed E-state index contributed by atoms with van der Waals surface area (Å²) in [4.78, 5) is 3.16. The highest BCUT2D eigenvalue weighted by molar-refractivity contribution is 5.46. The maximum atomic E-state index is 12.9. The van der Waals surface area contributed by atoms with Crippen molar-refractivity contribution in [1.29, 1.82) is 5.26 Å². The van der Waals surface area contributed by atoms with Gasteiger partial charge in [0.05, 0.1) is 13.3 Å². The smallest absolute Gasteiger partial charge is 0.284 e. The summed E-state index contributed by atoms with van der Waals surface area (Å²) in [6.45, 7) is 0. The quantitative estimate of drug-likeness (QED) is 0.737. The highest BCUT2D eigenvalue weighted by Gasteiger charge is 2.21. The molecule has 1 rings (SSSR count). The van der Waals surface area contributed by atoms with Gasteiger partial charge >= 0.3 is 0 Å². The molecule has 0 unspecified atom stereocenters. The first-order valence-electron chi connectivity index (χ1n) is 3.52. The first-order chi connectivity index (χ1) is 6.61. The van der Waals surface area contributed by atoms with Gasteiger partial charge in [-0.1, -0.05) is 0 Å². The fourth-order valence-corrected chi connectivity index (χ4v) is 0.952. The Bertz CT molecular complexity index is 387. The second kappa shape index (κ2) is 3.96. The molecular formula is C8H5F3N2O. The predicted octanol–water partition coefficient (Wildman–Crippen LogP) is 2.04. The summed E-state index contributed by atoms with van der Waals surface area (Å²) >= 11 is 0. The Morgan fingerprint density at radius 2 is 2.21 bits per heavy atom. The van der Waals surface area contributed by atoms with Gasteiger partial charge in [-0.2, -0.15) is 5.26 Å². The van der Waals surface area contributed by atoms with Crippen LogP contribution in [0.3, 0.4) is 0 Å². The number of methoxy groups -OCH3 is 1. The SMILES string of the molecule is COc1c(C(F)F)ncc(F)c1C#N. The van der Waals surface area contributed by atoms with Crippen molar-refractivity contribution in [2.45, 2.75) is 6.43 Å². The van der Waals surface area contributed by atoms with Crippen LogP contribution in [-0.4, -0.2) is 12.1 Å². The molecule has 0 aromatic carbocycles. The van der Waals surface area contributed by atoms with Crippen molar-refractivity contribution in [3.63, 3.8) is 0 Å². The summed E-state index contributed by atoms with van der Waals surface area (Å²) in [5.41, 5.74) is -1.29. The number of pyridine rings is 1. The van der Waals surface area contributed by atoms with E-state index in [0.717, 1.165) is 7.11 Å². The van der Waals surface area contributed by atoms with E-state index in [-0.39, 0.29) is 0 Å². The fourth-order valence-electron chi connectivity index (χ4n) is 0.952. The third kappa shape index (κ3) is 1.62. The molecule has 0 saturated heterocycles. The van der Waals surface area contributed by atoms with Crippen LogP contribution in [0.15, 0.2) is 6.20 Å². The zero-order chi connectivity index (χ0) is 10.7. The minimum absolute atomic E-state index is 0.512. The van der Waals surface area contributed by atoms with Gasteiger partial charge in [-0.3, -0.25) is 0 Å². The Labute approximate surface area is 77.7 Å². The maximum absolute atomic E-state index is 12.9. The molecule has 0 amide bonds. The standard InChI is InChI=1S/C8H5F3N2O/c1-14-7-4(2-12)5(9)3-13-6(7)8(10)11/h3,8H,1H3. The lowest BCUT2D eigenvalue weighted by Crippen LogP contribution is -2.01. The highest BCUT2D eigenvalue weighted by atomic mass is 19.3. The van der Waals surface area contributed by atoms with Crippen LogP contribution < -0.4 is 4.74 Å². The lowest BCUT2D eigenvalue weighted by atomic mass is 10.2. The normalized spacial score (nSPS) is 10.0. The summed E-state index contributed by atoms with van der Waals surface area (Å²) in [6, 6.07) is 1.44. The van der Waals surface area contributed by atoms with E-state index in [4.69, 9.17) is 5.26 Å². The van der Waals surface area contributed by atoms with Gasteiger partial charge < -0.3 is 4.74 Å². The molecule has 1 aromatic rings. The number of hydrogen-bond acceptors (Lipinski definition) is 3. The molecule has 0 N–H and O–H groups in total. The van der Waals surface area contributed by atoms with Crippen LogP contribution in [0.4, 0.5) is 13.2 Å². The van der Waals surface area contributed by atoms with Crippen LogP contribution in [0.25, 0.3) is 0 Å². The van der Waals surface area contributed by atoms with Gasteiger partial charge in [0.2, 0.25) is 0 Å². The average Bonchev–Trinajstić information content (AvgIpc) is 2.16. The van der Waals surface area contributed by atoms with E-state index >= 15 is 0 Å². The zero-order valence-electron chi connectivity index (χ0n) is 7.09. The number of hydrogen-bond donors (Lipinski definition) is 0. The molecule has 14 heavy (non-hydrogen) atoms. The lowest BCUT2D eigenvalue weighted by molar-refractivity contribution is 0.141. The molecule has 0 aliphatic carbocycles. The van der Waals surface area contributed by atoms with E-state index in [1.54, 1.807) is 0 Å². The van der Waals surface area contributed by atoms with Gasteiger partial charge in [-0.25, -0.2) is 18.2 Å². The maximum Gasteiger partial charge on any atom is 0.284 e. The van der Waals surface area contributed by atoms with E-state index in [9.17, 15) is 13.2 Å². The number of halogens is 3. The van der Waals surface area contributed by atoms with E-state index in [1.165, 1.54) is 6.07 Å². The fraction of sp³-hybridized carbons (Fsp3) is 0.250. The molecular weight excluding hydrogens is 197 g/mol. The van der Waals surface area contributed by atoms with Crippen LogP contribution in [0.2, 0.25) is 0 Å². The lowest BCUT2D eigenvalue weighted by Gasteiger charge is -2.08. The molecule has 74 valence electrons. The van der Waals surface area contributed by atoms with Crippen LogP contribution >= 0.6 is 0 Å². The minimum Gasteiger partial charge on any atom is -0.493 e. The summed E-state index contributed by atoms with van der Waals surface area (Å²) in [7, 11) is 1.07. The summed E-state index contributed by atoms with van der Waals surface area (Å²) < 4.78 is 42.0. The minimum atomic E-state index is -2.90. The van der Waals surface area contributed by atoms with Crippen LogP contribution in [0.1, 0.15) is 17.7 Å². The van der Waals surface area contributed by atoms with Crippen molar-refractivity contribution < 1.29 is 17.9 Å². The molecule has 0 radical (unpaired) electrons. The number of nitriles is 1. The van der Waals surface area contributed by atoms with E-state index < -0.39 is 29.2 Å². The van der Waals surface area contributed by atoms with Crippen molar-refractivity contribution in [2.24, 2.45) is 0 Å². The average molecular weight is 202 g/mol. The molecule has 0 aliphatic rings. The monoisotopic (exact) mass is 202 g/mol. The van der Waals surface area contributed by atoms with Crippen LogP contribution in [0, 0.1) is 17.1 Å². The third-order valence-corrected chi connectivity index (χ3v) is 1.54. The number of aromatic nitrogens is 1. The van der Waals surface area contributed by atoms with Crippen molar-refractivity contribution in [1.82, 2.24) is 4.98 Å².